The van der Waals surface area contributed by atoms with Crippen molar-refractivity contribution in [1.29, 1.82) is 0 Å². The van der Waals surface area contributed by atoms with Crippen molar-refractivity contribution in [3.05, 3.63) is 35.4 Å². The molecule has 0 radical (unpaired) electrons. The van der Waals surface area contributed by atoms with Crippen molar-refractivity contribution in [3.63, 3.8) is 0 Å². The Bertz CT molecular complexity index is 408. The van der Waals surface area contributed by atoms with E-state index in [9.17, 15) is 0 Å². The van der Waals surface area contributed by atoms with Gasteiger partial charge < -0.3 is 5.73 Å². The lowest BCUT2D eigenvalue weighted by molar-refractivity contribution is 0.107. The molecule has 0 aromatic heterocycles. The van der Waals surface area contributed by atoms with Gasteiger partial charge >= 0.3 is 0 Å². The van der Waals surface area contributed by atoms with Crippen molar-refractivity contribution in [2.24, 2.45) is 5.73 Å². The number of nitrogens with two attached hydrogens (primary N) is 1. The molecule has 0 bridgehead atoms. The Kier molecular flexibility index (Phi) is 5.62. The SMILES string of the molecule is CCCN(C1CCC(N)CC1)C(C)c1ccccc1C. The van der Waals surface area contributed by atoms with Gasteiger partial charge in [-0.3, -0.25) is 4.90 Å². The van der Waals surface area contributed by atoms with E-state index in [4.69, 9.17) is 5.73 Å². The molecule has 0 aliphatic heterocycles. The summed E-state index contributed by atoms with van der Waals surface area (Å²) in [6, 6.07) is 10.5. The fraction of sp³-hybridized carbons (Fsp3) is 0.667. The van der Waals surface area contributed by atoms with Crippen molar-refractivity contribution in [2.75, 3.05) is 6.54 Å². The third-order valence-corrected chi connectivity index (χ3v) is 4.83. The number of nitrogens with zero attached hydrogens (tertiary/aromatic N) is 1. The standard InChI is InChI=1S/C18H30N2/c1-4-13-20(17-11-9-16(19)10-12-17)15(3)18-8-6-5-7-14(18)2/h5-8,15-17H,4,9-13,19H2,1-3H3. The van der Waals surface area contributed by atoms with E-state index in [0.717, 1.165) is 0 Å². The molecule has 0 spiro atoms. The van der Waals surface area contributed by atoms with Gasteiger partial charge in [-0.15, -0.1) is 0 Å². The van der Waals surface area contributed by atoms with Gasteiger partial charge in [0.25, 0.3) is 0 Å². The number of benzene rings is 1. The molecular weight excluding hydrogens is 244 g/mol. The van der Waals surface area contributed by atoms with Gasteiger partial charge in [0.15, 0.2) is 0 Å². The highest BCUT2D eigenvalue weighted by Crippen LogP contribution is 2.31. The largest absolute Gasteiger partial charge is 0.328 e. The zero-order valence-electron chi connectivity index (χ0n) is 13.3. The zero-order valence-corrected chi connectivity index (χ0v) is 13.3. The lowest BCUT2D eigenvalue weighted by atomic mass is 9.88. The van der Waals surface area contributed by atoms with Crippen LogP contribution in [0.1, 0.15) is 63.1 Å². The van der Waals surface area contributed by atoms with Gasteiger partial charge in [0.05, 0.1) is 0 Å². The van der Waals surface area contributed by atoms with Gasteiger partial charge in [-0.2, -0.15) is 0 Å². The van der Waals surface area contributed by atoms with Crippen LogP contribution in [0.5, 0.6) is 0 Å². The molecule has 1 aromatic rings. The molecule has 1 aromatic carbocycles. The molecular formula is C18H30N2. The molecule has 1 aliphatic rings. The van der Waals surface area contributed by atoms with Crippen LogP contribution in [-0.4, -0.2) is 23.5 Å². The van der Waals surface area contributed by atoms with Crippen LogP contribution in [0.15, 0.2) is 24.3 Å². The molecule has 1 saturated carbocycles. The first-order valence-corrected chi connectivity index (χ1v) is 8.20. The molecule has 1 atom stereocenters. The van der Waals surface area contributed by atoms with Crippen molar-refractivity contribution in [2.45, 2.75) is 71.0 Å². The second-order valence-electron chi connectivity index (χ2n) is 6.34. The fourth-order valence-electron chi connectivity index (χ4n) is 3.62. The lowest BCUT2D eigenvalue weighted by Gasteiger charge is -2.40. The third kappa shape index (κ3) is 3.62. The normalized spacial score (nSPS) is 24.9. The highest BCUT2D eigenvalue weighted by Gasteiger charge is 2.28. The summed E-state index contributed by atoms with van der Waals surface area (Å²) in [5.41, 5.74) is 8.96. The third-order valence-electron chi connectivity index (χ3n) is 4.83. The Morgan fingerprint density at radius 1 is 1.20 bits per heavy atom. The summed E-state index contributed by atoms with van der Waals surface area (Å²) in [5.74, 6) is 0. The Balaban J connectivity index is 2.13. The monoisotopic (exact) mass is 274 g/mol. The first-order valence-electron chi connectivity index (χ1n) is 8.20. The molecule has 1 unspecified atom stereocenters. The van der Waals surface area contributed by atoms with Crippen LogP contribution < -0.4 is 5.73 Å². The quantitative estimate of drug-likeness (QED) is 0.878. The molecule has 0 amide bonds. The number of hydrogen-bond donors (Lipinski definition) is 1. The Hall–Kier alpha value is -0.860. The van der Waals surface area contributed by atoms with E-state index < -0.39 is 0 Å². The van der Waals surface area contributed by atoms with Crippen molar-refractivity contribution in [1.82, 2.24) is 4.90 Å². The van der Waals surface area contributed by atoms with Crippen LogP contribution >= 0.6 is 0 Å². The van der Waals surface area contributed by atoms with Crippen LogP contribution in [0.25, 0.3) is 0 Å². The maximum Gasteiger partial charge on any atom is 0.0325 e. The van der Waals surface area contributed by atoms with E-state index in [1.165, 1.54) is 49.8 Å². The maximum absolute atomic E-state index is 6.06. The second kappa shape index (κ2) is 7.24. The minimum Gasteiger partial charge on any atom is -0.328 e. The summed E-state index contributed by atoms with van der Waals surface area (Å²) >= 11 is 0. The Morgan fingerprint density at radius 3 is 2.45 bits per heavy atom. The van der Waals surface area contributed by atoms with E-state index in [0.29, 0.717) is 18.1 Å². The molecule has 20 heavy (non-hydrogen) atoms. The second-order valence-corrected chi connectivity index (χ2v) is 6.34. The summed E-state index contributed by atoms with van der Waals surface area (Å²) in [4.78, 5) is 2.72. The molecule has 2 N–H and O–H groups in total. The first-order chi connectivity index (χ1) is 9.63. The fourth-order valence-corrected chi connectivity index (χ4v) is 3.62. The summed E-state index contributed by atoms with van der Waals surface area (Å²) in [5, 5.41) is 0. The predicted octanol–water partition coefficient (Wildman–Crippen LogP) is 4.04. The average molecular weight is 274 g/mol. The Labute approximate surface area is 124 Å². The molecule has 112 valence electrons. The van der Waals surface area contributed by atoms with Crippen LogP contribution in [-0.2, 0) is 0 Å². The van der Waals surface area contributed by atoms with Gasteiger partial charge in [-0.25, -0.2) is 0 Å². The predicted molar refractivity (Wildman–Crippen MR) is 86.8 cm³/mol. The van der Waals surface area contributed by atoms with Gasteiger partial charge in [0, 0.05) is 18.1 Å². The highest BCUT2D eigenvalue weighted by molar-refractivity contribution is 5.28. The first kappa shape index (κ1) is 15.5. The summed E-state index contributed by atoms with van der Waals surface area (Å²) < 4.78 is 0. The van der Waals surface area contributed by atoms with Gasteiger partial charge in [-0.05, 0) is 63.6 Å². The molecule has 2 heteroatoms. The highest BCUT2D eigenvalue weighted by atomic mass is 15.2. The van der Waals surface area contributed by atoms with Gasteiger partial charge in [0.2, 0.25) is 0 Å². The topological polar surface area (TPSA) is 29.3 Å². The molecule has 1 aliphatic carbocycles. The average Bonchev–Trinajstić information content (AvgIpc) is 2.46. The lowest BCUT2D eigenvalue weighted by Crippen LogP contribution is -2.42. The molecule has 1 fully saturated rings. The summed E-state index contributed by atoms with van der Waals surface area (Å²) in [7, 11) is 0. The van der Waals surface area contributed by atoms with Gasteiger partial charge in [-0.1, -0.05) is 31.2 Å². The van der Waals surface area contributed by atoms with E-state index in [1.807, 2.05) is 0 Å². The Morgan fingerprint density at radius 2 is 1.85 bits per heavy atom. The molecule has 2 rings (SSSR count). The smallest absolute Gasteiger partial charge is 0.0325 e. The molecule has 0 heterocycles. The van der Waals surface area contributed by atoms with E-state index in [1.54, 1.807) is 0 Å². The van der Waals surface area contributed by atoms with Crippen LogP contribution in [0.3, 0.4) is 0 Å². The van der Waals surface area contributed by atoms with E-state index in [2.05, 4.69) is 49.9 Å². The molecule has 2 nitrogen and oxygen atoms in total. The zero-order chi connectivity index (χ0) is 14.5. The van der Waals surface area contributed by atoms with Crippen molar-refractivity contribution in [3.8, 4) is 0 Å². The summed E-state index contributed by atoms with van der Waals surface area (Å²) in [6.07, 6.45) is 6.12. The maximum atomic E-state index is 6.06. The van der Waals surface area contributed by atoms with Gasteiger partial charge in [0.1, 0.15) is 0 Å². The van der Waals surface area contributed by atoms with Crippen molar-refractivity contribution >= 4 is 0 Å². The minimum absolute atomic E-state index is 0.434. The summed E-state index contributed by atoms with van der Waals surface area (Å²) in [6.45, 7) is 8.07. The number of aryl methyl sites for hydroxylation is 1. The van der Waals surface area contributed by atoms with Crippen LogP contribution in [0, 0.1) is 6.92 Å². The van der Waals surface area contributed by atoms with E-state index in [-0.39, 0.29) is 0 Å². The van der Waals surface area contributed by atoms with Crippen LogP contribution in [0.2, 0.25) is 0 Å². The van der Waals surface area contributed by atoms with E-state index >= 15 is 0 Å². The minimum atomic E-state index is 0.434. The number of hydrogen-bond acceptors (Lipinski definition) is 2. The molecule has 0 saturated heterocycles. The number of rotatable bonds is 5. The van der Waals surface area contributed by atoms with Crippen LogP contribution in [0.4, 0.5) is 0 Å². The van der Waals surface area contributed by atoms with Crippen molar-refractivity contribution < 1.29 is 0 Å².